The second kappa shape index (κ2) is 6.86. The van der Waals surface area contributed by atoms with Gasteiger partial charge in [0.15, 0.2) is 4.32 Å². The van der Waals surface area contributed by atoms with Crippen molar-refractivity contribution in [1.29, 1.82) is 0 Å². The molecule has 0 unspecified atom stereocenters. The molecule has 0 atom stereocenters. The number of methoxy groups -OCH3 is 1. The number of carbonyl (C=O) groups excluding carboxylic acids is 1. The van der Waals surface area contributed by atoms with Crippen molar-refractivity contribution < 1.29 is 9.53 Å². The largest absolute Gasteiger partial charge is 0.497 e. The minimum atomic E-state index is -0.178. The normalized spacial score (nSPS) is 15.9. The fourth-order valence-electron chi connectivity index (χ4n) is 2.62. The van der Waals surface area contributed by atoms with Crippen molar-refractivity contribution >= 4 is 57.0 Å². The van der Waals surface area contributed by atoms with Crippen molar-refractivity contribution in [3.8, 4) is 5.75 Å². The van der Waals surface area contributed by atoms with Crippen LogP contribution in [0.2, 0.25) is 0 Å². The average Bonchev–Trinajstić information content (AvgIpc) is 2.95. The Hall–Kier alpha value is -2.77. The highest BCUT2D eigenvalue weighted by molar-refractivity contribution is 8.27. The zero-order chi connectivity index (χ0) is 18.1. The Morgan fingerprint density at radius 3 is 2.77 bits per heavy atom. The van der Waals surface area contributed by atoms with Crippen LogP contribution in [0.4, 0.5) is 5.69 Å². The second-order valence-electron chi connectivity index (χ2n) is 5.50. The maximum absolute atomic E-state index is 12.8. The highest BCUT2D eigenvalue weighted by Gasteiger charge is 2.33. The number of thiocarbonyl (C=S) groups is 1. The highest BCUT2D eigenvalue weighted by atomic mass is 32.2. The average molecular weight is 379 g/mol. The maximum atomic E-state index is 12.8. The highest BCUT2D eigenvalue weighted by Crippen LogP contribution is 2.36. The predicted molar refractivity (Wildman–Crippen MR) is 108 cm³/mol. The van der Waals surface area contributed by atoms with E-state index in [4.69, 9.17) is 17.0 Å². The molecular weight excluding hydrogens is 366 g/mol. The molecule has 2 aromatic carbocycles. The summed E-state index contributed by atoms with van der Waals surface area (Å²) in [6.07, 6.45) is 3.37. The van der Waals surface area contributed by atoms with Crippen LogP contribution in [0.15, 0.2) is 59.6 Å². The van der Waals surface area contributed by atoms with Crippen LogP contribution < -0.4 is 9.64 Å². The lowest BCUT2D eigenvalue weighted by atomic mass is 10.2. The molecule has 1 saturated heterocycles. The van der Waals surface area contributed by atoms with Gasteiger partial charge in [-0.15, -0.1) is 0 Å². The lowest BCUT2D eigenvalue weighted by Crippen LogP contribution is -2.27. The molecule has 1 aliphatic heterocycles. The van der Waals surface area contributed by atoms with E-state index >= 15 is 0 Å². The van der Waals surface area contributed by atoms with Crippen molar-refractivity contribution in [3.05, 3.63) is 65.3 Å². The summed E-state index contributed by atoms with van der Waals surface area (Å²) in [6.45, 7) is 0. The summed E-state index contributed by atoms with van der Waals surface area (Å²) < 4.78 is 5.70. The van der Waals surface area contributed by atoms with E-state index < -0.39 is 0 Å². The summed E-state index contributed by atoms with van der Waals surface area (Å²) in [7, 11) is 1.59. The van der Waals surface area contributed by atoms with Crippen LogP contribution in [0.1, 0.15) is 5.69 Å². The van der Waals surface area contributed by atoms with Crippen molar-refractivity contribution in [1.82, 2.24) is 9.97 Å². The van der Waals surface area contributed by atoms with Crippen LogP contribution in [0.5, 0.6) is 5.75 Å². The van der Waals surface area contributed by atoms with Crippen molar-refractivity contribution in [3.63, 3.8) is 0 Å². The number of hydrogen-bond acceptors (Lipinski definition) is 6. The fraction of sp³-hybridized carbons (Fsp3) is 0.0526. The molecule has 1 aromatic heterocycles. The summed E-state index contributed by atoms with van der Waals surface area (Å²) in [5.41, 5.74) is 2.90. The topological polar surface area (TPSA) is 55.3 Å². The Balaban J connectivity index is 1.68. The zero-order valence-corrected chi connectivity index (χ0v) is 15.4. The van der Waals surface area contributed by atoms with Gasteiger partial charge in [-0.1, -0.05) is 42.2 Å². The second-order valence-corrected chi connectivity index (χ2v) is 7.18. The van der Waals surface area contributed by atoms with Gasteiger partial charge in [0.05, 0.1) is 40.6 Å². The molecule has 0 bridgehead atoms. The van der Waals surface area contributed by atoms with Gasteiger partial charge in [-0.25, -0.2) is 4.98 Å². The predicted octanol–water partition coefficient (Wildman–Crippen LogP) is 4.04. The molecule has 0 aliphatic carbocycles. The third-order valence-corrected chi connectivity index (χ3v) is 5.15. The molecule has 0 saturated carbocycles. The lowest BCUT2D eigenvalue weighted by molar-refractivity contribution is -0.113. The van der Waals surface area contributed by atoms with Crippen molar-refractivity contribution in [2.75, 3.05) is 12.0 Å². The SMILES string of the molecule is COc1cccc(N2C(=O)/C(=C\c3cnc4ccccc4n3)SC2=S)c1. The summed E-state index contributed by atoms with van der Waals surface area (Å²) in [6, 6.07) is 14.9. The van der Waals surface area contributed by atoms with E-state index in [1.54, 1.807) is 25.4 Å². The molecule has 26 heavy (non-hydrogen) atoms. The first kappa shape index (κ1) is 16.7. The molecule has 5 nitrogen and oxygen atoms in total. The van der Waals surface area contributed by atoms with E-state index in [0.29, 0.717) is 26.4 Å². The molecule has 0 spiro atoms. The van der Waals surface area contributed by atoms with Crippen LogP contribution in [-0.4, -0.2) is 27.3 Å². The number of ether oxygens (including phenoxy) is 1. The smallest absolute Gasteiger partial charge is 0.270 e. The van der Waals surface area contributed by atoms with E-state index in [2.05, 4.69) is 9.97 Å². The molecule has 4 rings (SSSR count). The Kier molecular flexibility index (Phi) is 4.40. The van der Waals surface area contributed by atoms with Gasteiger partial charge in [-0.3, -0.25) is 14.7 Å². The van der Waals surface area contributed by atoms with Crippen LogP contribution >= 0.6 is 24.0 Å². The van der Waals surface area contributed by atoms with Gasteiger partial charge in [-0.05, 0) is 30.3 Å². The molecule has 1 fully saturated rings. The Morgan fingerprint density at radius 1 is 1.15 bits per heavy atom. The number of fused-ring (bicyclic) bond motifs is 1. The first-order chi connectivity index (χ1) is 12.7. The maximum Gasteiger partial charge on any atom is 0.270 e. The lowest BCUT2D eigenvalue weighted by Gasteiger charge is -2.15. The quantitative estimate of drug-likeness (QED) is 0.506. The third kappa shape index (κ3) is 3.07. The van der Waals surface area contributed by atoms with Crippen LogP contribution in [0, 0.1) is 0 Å². The minimum Gasteiger partial charge on any atom is -0.497 e. The third-order valence-electron chi connectivity index (χ3n) is 3.85. The van der Waals surface area contributed by atoms with Gasteiger partial charge in [-0.2, -0.15) is 0 Å². The molecule has 1 amide bonds. The summed E-state index contributed by atoms with van der Waals surface area (Å²) in [4.78, 5) is 23.8. The van der Waals surface area contributed by atoms with Crippen molar-refractivity contribution in [2.45, 2.75) is 0 Å². The Morgan fingerprint density at radius 2 is 1.96 bits per heavy atom. The summed E-state index contributed by atoms with van der Waals surface area (Å²) in [5, 5.41) is 0. The molecule has 2 heterocycles. The van der Waals surface area contributed by atoms with E-state index in [0.717, 1.165) is 11.0 Å². The molecule has 7 heteroatoms. The molecule has 0 radical (unpaired) electrons. The van der Waals surface area contributed by atoms with E-state index in [-0.39, 0.29) is 5.91 Å². The van der Waals surface area contributed by atoms with Gasteiger partial charge < -0.3 is 4.74 Å². The summed E-state index contributed by atoms with van der Waals surface area (Å²) in [5.74, 6) is 0.490. The van der Waals surface area contributed by atoms with Crippen LogP contribution in [-0.2, 0) is 4.79 Å². The van der Waals surface area contributed by atoms with E-state index in [9.17, 15) is 4.79 Å². The van der Waals surface area contributed by atoms with Crippen LogP contribution in [0.3, 0.4) is 0 Å². The van der Waals surface area contributed by atoms with E-state index in [1.807, 2.05) is 42.5 Å². The minimum absolute atomic E-state index is 0.178. The molecule has 0 N–H and O–H groups in total. The zero-order valence-electron chi connectivity index (χ0n) is 13.7. The number of nitrogens with zero attached hydrogens (tertiary/aromatic N) is 3. The van der Waals surface area contributed by atoms with Gasteiger partial charge in [0.2, 0.25) is 0 Å². The van der Waals surface area contributed by atoms with Gasteiger partial charge in [0, 0.05) is 6.07 Å². The van der Waals surface area contributed by atoms with Gasteiger partial charge in [0.1, 0.15) is 5.75 Å². The van der Waals surface area contributed by atoms with Gasteiger partial charge in [0.25, 0.3) is 5.91 Å². The standard InChI is InChI=1S/C19H13N3O2S2/c1-24-14-6-4-5-13(10-14)22-18(23)17(26-19(22)25)9-12-11-20-15-7-2-3-8-16(15)21-12/h2-11H,1H3/b17-9+. The fourth-order valence-corrected chi connectivity index (χ4v) is 3.90. The first-order valence-corrected chi connectivity index (χ1v) is 9.02. The van der Waals surface area contributed by atoms with Gasteiger partial charge >= 0.3 is 0 Å². The Labute approximate surface area is 159 Å². The number of carbonyl (C=O) groups is 1. The molecule has 1 aliphatic rings. The summed E-state index contributed by atoms with van der Waals surface area (Å²) >= 11 is 6.65. The Bertz CT molecular complexity index is 1070. The monoisotopic (exact) mass is 379 g/mol. The van der Waals surface area contributed by atoms with E-state index in [1.165, 1.54) is 16.7 Å². The first-order valence-electron chi connectivity index (χ1n) is 7.79. The number of anilines is 1. The number of hydrogen-bond donors (Lipinski definition) is 0. The number of para-hydroxylation sites is 2. The molecule has 128 valence electrons. The van der Waals surface area contributed by atoms with Crippen LogP contribution in [0.25, 0.3) is 17.1 Å². The number of amides is 1. The number of aromatic nitrogens is 2. The number of thioether (sulfide) groups is 1. The van der Waals surface area contributed by atoms with Crippen molar-refractivity contribution in [2.24, 2.45) is 0 Å². The number of rotatable bonds is 3. The molecule has 3 aromatic rings. The number of benzene rings is 2. The molecular formula is C19H13N3O2S2.